The van der Waals surface area contributed by atoms with E-state index in [0.29, 0.717) is 0 Å². The third-order valence-electron chi connectivity index (χ3n) is 3.81. The quantitative estimate of drug-likeness (QED) is 0.795. The second-order valence-corrected chi connectivity index (χ2v) is 5.45. The highest BCUT2D eigenvalue weighted by Gasteiger charge is 2.11. The van der Waals surface area contributed by atoms with Crippen LogP contribution in [0.4, 0.5) is 5.69 Å². The monoisotopic (exact) mass is 278 g/mol. The Labute approximate surface area is 122 Å². The average molecular weight is 278 g/mol. The van der Waals surface area contributed by atoms with Crippen molar-refractivity contribution in [1.82, 2.24) is 4.90 Å². The van der Waals surface area contributed by atoms with Crippen LogP contribution in [0.15, 0.2) is 18.2 Å². The lowest BCUT2D eigenvalue weighted by Crippen LogP contribution is -2.36. The first-order valence-corrected chi connectivity index (χ1v) is 7.35. The van der Waals surface area contributed by atoms with Crippen LogP contribution in [-0.2, 0) is 11.2 Å². The fraction of sp³-hybridized carbons (Fsp3) is 0.625. The van der Waals surface area contributed by atoms with Crippen LogP contribution in [0.3, 0.4) is 0 Å². The van der Waals surface area contributed by atoms with Gasteiger partial charge in [0.2, 0.25) is 0 Å². The molecule has 20 heavy (non-hydrogen) atoms. The predicted octanol–water partition coefficient (Wildman–Crippen LogP) is 2.03. The van der Waals surface area contributed by atoms with Crippen molar-refractivity contribution in [3.8, 4) is 5.75 Å². The maximum absolute atomic E-state index is 5.52. The molecule has 1 saturated heterocycles. The minimum absolute atomic E-state index is 0.876. The molecule has 1 fully saturated rings. The van der Waals surface area contributed by atoms with E-state index in [-0.39, 0.29) is 0 Å². The molecular formula is C16H26N2O2. The van der Waals surface area contributed by atoms with Gasteiger partial charge < -0.3 is 14.4 Å². The Bertz CT molecular complexity index is 415. The smallest absolute Gasteiger partial charge is 0.124 e. The van der Waals surface area contributed by atoms with Gasteiger partial charge in [-0.05, 0) is 31.0 Å². The Morgan fingerprint density at radius 3 is 2.65 bits per heavy atom. The Morgan fingerprint density at radius 1 is 1.25 bits per heavy atom. The number of hydrogen-bond donors (Lipinski definition) is 0. The van der Waals surface area contributed by atoms with Crippen molar-refractivity contribution in [3.05, 3.63) is 23.8 Å². The molecule has 0 atom stereocenters. The summed E-state index contributed by atoms with van der Waals surface area (Å²) in [6.45, 7) is 5.02. The number of rotatable bonds is 6. The topological polar surface area (TPSA) is 24.9 Å². The van der Waals surface area contributed by atoms with Crippen LogP contribution < -0.4 is 9.64 Å². The van der Waals surface area contributed by atoms with Crippen LogP contribution in [0, 0.1) is 0 Å². The van der Waals surface area contributed by atoms with Gasteiger partial charge in [0.1, 0.15) is 5.75 Å². The number of morpholine rings is 1. The Balaban J connectivity index is 1.88. The largest absolute Gasteiger partial charge is 0.496 e. The molecule has 2 rings (SSSR count). The van der Waals surface area contributed by atoms with Gasteiger partial charge in [-0.3, -0.25) is 4.90 Å². The summed E-state index contributed by atoms with van der Waals surface area (Å²) >= 11 is 0. The number of hydrogen-bond acceptors (Lipinski definition) is 4. The highest BCUT2D eigenvalue weighted by molar-refractivity contribution is 5.52. The number of aryl methyl sites for hydroxylation is 1. The Hall–Kier alpha value is -1.26. The van der Waals surface area contributed by atoms with E-state index in [1.807, 2.05) is 14.1 Å². The average Bonchev–Trinajstić information content (AvgIpc) is 2.48. The molecular weight excluding hydrogens is 252 g/mol. The zero-order chi connectivity index (χ0) is 14.4. The summed E-state index contributed by atoms with van der Waals surface area (Å²) in [7, 11) is 5.85. The molecule has 0 unspecified atom stereocenters. The zero-order valence-corrected chi connectivity index (χ0v) is 12.9. The van der Waals surface area contributed by atoms with Gasteiger partial charge in [0.05, 0.1) is 20.3 Å². The Kier molecular flexibility index (Phi) is 5.68. The number of nitrogens with zero attached hydrogens (tertiary/aromatic N) is 2. The van der Waals surface area contributed by atoms with Gasteiger partial charge in [0.15, 0.2) is 0 Å². The molecule has 0 aliphatic carbocycles. The third kappa shape index (κ3) is 4.12. The standard InChI is InChI=1S/C16H26N2O2/c1-17(2)15-7-6-14(16(13-15)19-3)5-4-8-18-9-11-20-12-10-18/h6-7,13H,4-5,8-12H2,1-3H3. The molecule has 0 saturated carbocycles. The van der Waals surface area contributed by atoms with Crippen molar-refractivity contribution in [2.24, 2.45) is 0 Å². The first kappa shape index (κ1) is 15.1. The highest BCUT2D eigenvalue weighted by atomic mass is 16.5. The SMILES string of the molecule is COc1cc(N(C)C)ccc1CCCN1CCOCC1. The van der Waals surface area contributed by atoms with E-state index < -0.39 is 0 Å². The normalized spacial score (nSPS) is 16.1. The second kappa shape index (κ2) is 7.50. The van der Waals surface area contributed by atoms with Crippen molar-refractivity contribution < 1.29 is 9.47 Å². The molecule has 0 radical (unpaired) electrons. The van der Waals surface area contributed by atoms with Gasteiger partial charge in [-0.25, -0.2) is 0 Å². The zero-order valence-electron chi connectivity index (χ0n) is 12.9. The summed E-state index contributed by atoms with van der Waals surface area (Å²) in [4.78, 5) is 4.57. The lowest BCUT2D eigenvalue weighted by atomic mass is 10.1. The minimum atomic E-state index is 0.876. The lowest BCUT2D eigenvalue weighted by molar-refractivity contribution is 0.0374. The maximum atomic E-state index is 5.52. The van der Waals surface area contributed by atoms with Crippen LogP contribution in [0.2, 0.25) is 0 Å². The molecule has 112 valence electrons. The van der Waals surface area contributed by atoms with E-state index in [0.717, 1.165) is 51.4 Å². The van der Waals surface area contributed by atoms with E-state index in [4.69, 9.17) is 9.47 Å². The first-order chi connectivity index (χ1) is 9.70. The summed E-state index contributed by atoms with van der Waals surface area (Å²) in [5.41, 5.74) is 2.48. The van der Waals surface area contributed by atoms with Gasteiger partial charge in [0.25, 0.3) is 0 Å². The van der Waals surface area contributed by atoms with Crippen LogP contribution in [0.1, 0.15) is 12.0 Å². The van der Waals surface area contributed by atoms with Gasteiger partial charge in [-0.15, -0.1) is 0 Å². The van der Waals surface area contributed by atoms with E-state index in [2.05, 4.69) is 28.0 Å². The van der Waals surface area contributed by atoms with Crippen molar-refractivity contribution in [3.63, 3.8) is 0 Å². The van der Waals surface area contributed by atoms with E-state index in [1.54, 1.807) is 7.11 Å². The summed E-state index contributed by atoms with van der Waals surface area (Å²) < 4.78 is 10.9. The summed E-state index contributed by atoms with van der Waals surface area (Å²) in [6.07, 6.45) is 2.23. The predicted molar refractivity (Wildman–Crippen MR) is 82.9 cm³/mol. The summed E-state index contributed by atoms with van der Waals surface area (Å²) in [6, 6.07) is 6.46. The fourth-order valence-electron chi connectivity index (χ4n) is 2.54. The molecule has 1 heterocycles. The molecule has 1 aromatic carbocycles. The molecule has 1 aliphatic heterocycles. The van der Waals surface area contributed by atoms with Crippen molar-refractivity contribution in [1.29, 1.82) is 0 Å². The molecule has 0 N–H and O–H groups in total. The molecule has 1 aliphatic rings. The van der Waals surface area contributed by atoms with E-state index in [9.17, 15) is 0 Å². The lowest BCUT2D eigenvalue weighted by Gasteiger charge is -2.26. The highest BCUT2D eigenvalue weighted by Crippen LogP contribution is 2.25. The minimum Gasteiger partial charge on any atom is -0.496 e. The Morgan fingerprint density at radius 2 is 2.00 bits per heavy atom. The molecule has 0 bridgehead atoms. The molecule has 0 amide bonds. The van der Waals surface area contributed by atoms with Crippen LogP contribution in [0.5, 0.6) is 5.75 Å². The number of benzene rings is 1. The van der Waals surface area contributed by atoms with Crippen molar-refractivity contribution in [2.75, 3.05) is 59.0 Å². The second-order valence-electron chi connectivity index (χ2n) is 5.45. The van der Waals surface area contributed by atoms with Crippen molar-refractivity contribution in [2.45, 2.75) is 12.8 Å². The third-order valence-corrected chi connectivity index (χ3v) is 3.81. The summed E-state index contributed by atoms with van der Waals surface area (Å²) in [5, 5.41) is 0. The molecule has 0 spiro atoms. The summed E-state index contributed by atoms with van der Waals surface area (Å²) in [5.74, 6) is 0.998. The molecule has 4 nitrogen and oxygen atoms in total. The van der Waals surface area contributed by atoms with Crippen LogP contribution in [-0.4, -0.2) is 59.0 Å². The van der Waals surface area contributed by atoms with E-state index in [1.165, 1.54) is 11.3 Å². The number of methoxy groups -OCH3 is 1. The van der Waals surface area contributed by atoms with E-state index >= 15 is 0 Å². The van der Waals surface area contributed by atoms with Gasteiger partial charge in [0, 0.05) is 38.9 Å². The first-order valence-electron chi connectivity index (χ1n) is 7.35. The number of ether oxygens (including phenoxy) is 2. The van der Waals surface area contributed by atoms with Gasteiger partial charge >= 0.3 is 0 Å². The fourth-order valence-corrected chi connectivity index (χ4v) is 2.54. The van der Waals surface area contributed by atoms with Gasteiger partial charge in [-0.2, -0.15) is 0 Å². The molecule has 1 aromatic rings. The van der Waals surface area contributed by atoms with Crippen LogP contribution >= 0.6 is 0 Å². The molecule has 0 aromatic heterocycles. The molecule has 4 heteroatoms. The maximum Gasteiger partial charge on any atom is 0.124 e. The van der Waals surface area contributed by atoms with Gasteiger partial charge in [-0.1, -0.05) is 6.07 Å². The van der Waals surface area contributed by atoms with Crippen molar-refractivity contribution >= 4 is 5.69 Å². The number of anilines is 1. The van der Waals surface area contributed by atoms with Crippen LogP contribution in [0.25, 0.3) is 0 Å².